The van der Waals surface area contributed by atoms with Gasteiger partial charge >= 0.3 is 0 Å². The van der Waals surface area contributed by atoms with E-state index >= 15 is 0 Å². The van der Waals surface area contributed by atoms with E-state index in [0.29, 0.717) is 36.1 Å². The number of hydrogen-bond acceptors (Lipinski definition) is 6. The molecule has 2 aromatic heterocycles. The molecule has 146 valence electrons. The van der Waals surface area contributed by atoms with Crippen LogP contribution in [0.25, 0.3) is 5.78 Å². The van der Waals surface area contributed by atoms with Gasteiger partial charge in [0.25, 0.3) is 11.7 Å². The third-order valence-electron chi connectivity index (χ3n) is 5.10. The van der Waals surface area contributed by atoms with Gasteiger partial charge < -0.3 is 14.5 Å². The number of fused-ring (bicyclic) bond motifs is 1. The van der Waals surface area contributed by atoms with E-state index in [9.17, 15) is 4.79 Å². The summed E-state index contributed by atoms with van der Waals surface area (Å²) in [6.07, 6.45) is 1.70. The molecule has 0 radical (unpaired) electrons. The Balaban J connectivity index is 1.49. The molecule has 1 aromatic carbocycles. The molecule has 0 aliphatic carbocycles. The lowest BCUT2D eigenvalue weighted by Gasteiger charge is -2.35. The lowest BCUT2D eigenvalue weighted by molar-refractivity contribution is 0.0746. The minimum Gasteiger partial charge on any atom is -0.497 e. The van der Waals surface area contributed by atoms with E-state index in [1.165, 1.54) is 0 Å². The molecule has 3 aromatic rings. The lowest BCUT2D eigenvalue weighted by atomic mass is 10.1. The summed E-state index contributed by atoms with van der Waals surface area (Å²) in [6, 6.07) is 9.39. The van der Waals surface area contributed by atoms with Crippen LogP contribution in [0.3, 0.4) is 0 Å². The van der Waals surface area contributed by atoms with E-state index in [2.05, 4.69) is 40.0 Å². The molecule has 0 unspecified atom stereocenters. The Bertz CT molecular complexity index is 991. The molecule has 1 aliphatic heterocycles. The van der Waals surface area contributed by atoms with Crippen molar-refractivity contribution in [2.75, 3.05) is 38.2 Å². The maximum atomic E-state index is 12.8. The first-order valence-corrected chi connectivity index (χ1v) is 9.46. The Kier molecular flexibility index (Phi) is 4.85. The largest absolute Gasteiger partial charge is 0.497 e. The minimum absolute atomic E-state index is 0.0299. The van der Waals surface area contributed by atoms with Crippen molar-refractivity contribution in [3.8, 4) is 5.75 Å². The molecule has 8 nitrogen and oxygen atoms in total. The van der Waals surface area contributed by atoms with Crippen LogP contribution in [-0.2, 0) is 0 Å². The van der Waals surface area contributed by atoms with Crippen LogP contribution in [0.1, 0.15) is 35.8 Å². The van der Waals surface area contributed by atoms with Crippen LogP contribution in [0.2, 0.25) is 0 Å². The number of hydrogen-bond donors (Lipinski definition) is 0. The van der Waals surface area contributed by atoms with E-state index in [0.717, 1.165) is 24.6 Å². The van der Waals surface area contributed by atoms with Gasteiger partial charge in [-0.25, -0.2) is 0 Å². The number of ether oxygens (including phenoxy) is 1. The fraction of sp³-hybridized carbons (Fsp3) is 0.400. The summed E-state index contributed by atoms with van der Waals surface area (Å²) in [5, 5.41) is 8.10. The first-order chi connectivity index (χ1) is 13.6. The number of anilines is 1. The van der Waals surface area contributed by atoms with Crippen molar-refractivity contribution < 1.29 is 9.53 Å². The van der Waals surface area contributed by atoms with Crippen molar-refractivity contribution >= 4 is 17.5 Å². The van der Waals surface area contributed by atoms with Crippen LogP contribution in [0, 0.1) is 0 Å². The van der Waals surface area contributed by atoms with E-state index in [1.54, 1.807) is 19.5 Å². The fourth-order valence-electron chi connectivity index (χ4n) is 3.51. The fourth-order valence-corrected chi connectivity index (χ4v) is 3.51. The molecule has 0 bridgehead atoms. The van der Waals surface area contributed by atoms with Gasteiger partial charge in [0.15, 0.2) is 0 Å². The monoisotopic (exact) mass is 380 g/mol. The quantitative estimate of drug-likeness (QED) is 0.691. The number of piperazine rings is 1. The summed E-state index contributed by atoms with van der Waals surface area (Å²) in [5.41, 5.74) is 1.78. The number of benzene rings is 1. The number of carbonyl (C=O) groups is 1. The van der Waals surface area contributed by atoms with Crippen molar-refractivity contribution in [2.45, 2.75) is 19.8 Å². The summed E-state index contributed by atoms with van der Waals surface area (Å²) in [6.45, 7) is 7.03. The second kappa shape index (κ2) is 7.46. The van der Waals surface area contributed by atoms with Gasteiger partial charge in [0.05, 0.1) is 7.11 Å². The number of aromatic nitrogens is 4. The zero-order valence-corrected chi connectivity index (χ0v) is 16.4. The summed E-state index contributed by atoms with van der Waals surface area (Å²) >= 11 is 0. The number of nitrogens with zero attached hydrogens (tertiary/aromatic N) is 6. The molecule has 1 amide bonds. The standard InChI is InChI=1S/C20H24N6O2/c1-14(2)17-12-18(22-20-23-21-13-26(17)20)24-7-9-25(10-8-24)19(27)15-5-4-6-16(11-15)28-3/h4-6,11-14H,7-10H2,1-3H3. The van der Waals surface area contributed by atoms with Gasteiger partial charge in [-0.3, -0.25) is 9.20 Å². The molecular weight excluding hydrogens is 356 g/mol. The molecule has 28 heavy (non-hydrogen) atoms. The second-order valence-electron chi connectivity index (χ2n) is 7.21. The number of carbonyl (C=O) groups excluding carboxylic acids is 1. The molecular formula is C20H24N6O2. The molecule has 0 N–H and O–H groups in total. The van der Waals surface area contributed by atoms with Crippen LogP contribution >= 0.6 is 0 Å². The summed E-state index contributed by atoms with van der Waals surface area (Å²) in [7, 11) is 1.60. The highest BCUT2D eigenvalue weighted by atomic mass is 16.5. The number of rotatable bonds is 4. The maximum Gasteiger partial charge on any atom is 0.256 e. The van der Waals surface area contributed by atoms with Gasteiger partial charge in [0.1, 0.15) is 17.9 Å². The average molecular weight is 380 g/mol. The van der Waals surface area contributed by atoms with Crippen molar-refractivity contribution in [1.29, 1.82) is 0 Å². The van der Waals surface area contributed by atoms with E-state index in [-0.39, 0.29) is 5.91 Å². The zero-order chi connectivity index (χ0) is 19.7. The Labute approximate surface area is 163 Å². The lowest BCUT2D eigenvalue weighted by Crippen LogP contribution is -2.49. The van der Waals surface area contributed by atoms with Crippen LogP contribution in [0.5, 0.6) is 5.75 Å². The summed E-state index contributed by atoms with van der Waals surface area (Å²) in [4.78, 5) is 21.5. The minimum atomic E-state index is 0.0299. The average Bonchev–Trinajstić information content (AvgIpc) is 3.21. The Hall–Kier alpha value is -3.16. The van der Waals surface area contributed by atoms with Crippen LogP contribution in [-0.4, -0.2) is 63.7 Å². The van der Waals surface area contributed by atoms with Gasteiger partial charge in [-0.2, -0.15) is 4.98 Å². The Morgan fingerprint density at radius 1 is 1.14 bits per heavy atom. The molecule has 0 saturated carbocycles. The Morgan fingerprint density at radius 2 is 1.93 bits per heavy atom. The highest BCUT2D eigenvalue weighted by molar-refractivity contribution is 5.94. The van der Waals surface area contributed by atoms with Gasteiger partial charge in [0, 0.05) is 43.5 Å². The molecule has 3 heterocycles. The van der Waals surface area contributed by atoms with E-state index in [1.807, 2.05) is 27.5 Å². The molecule has 1 fully saturated rings. The molecule has 0 spiro atoms. The molecule has 1 saturated heterocycles. The van der Waals surface area contributed by atoms with Crippen molar-refractivity contribution in [3.63, 3.8) is 0 Å². The second-order valence-corrected chi connectivity index (χ2v) is 7.21. The molecule has 0 atom stereocenters. The van der Waals surface area contributed by atoms with Gasteiger partial charge in [-0.05, 0) is 24.1 Å². The van der Waals surface area contributed by atoms with E-state index < -0.39 is 0 Å². The molecule has 1 aliphatic rings. The van der Waals surface area contributed by atoms with Crippen molar-refractivity contribution in [3.05, 3.63) is 47.9 Å². The predicted octanol–water partition coefficient (Wildman–Crippen LogP) is 2.22. The number of methoxy groups -OCH3 is 1. The predicted molar refractivity (Wildman–Crippen MR) is 106 cm³/mol. The summed E-state index contributed by atoms with van der Waals surface area (Å²) < 4.78 is 7.15. The summed E-state index contributed by atoms with van der Waals surface area (Å²) in [5.74, 6) is 2.55. The van der Waals surface area contributed by atoms with Crippen molar-refractivity contribution in [2.24, 2.45) is 0 Å². The highest BCUT2D eigenvalue weighted by Gasteiger charge is 2.24. The van der Waals surface area contributed by atoms with Gasteiger partial charge in [0.2, 0.25) is 0 Å². The normalized spacial score (nSPS) is 14.7. The van der Waals surface area contributed by atoms with Gasteiger partial charge in [-0.1, -0.05) is 19.9 Å². The Morgan fingerprint density at radius 3 is 2.64 bits per heavy atom. The van der Waals surface area contributed by atoms with Crippen LogP contribution in [0.4, 0.5) is 5.82 Å². The molecule has 4 rings (SSSR count). The first-order valence-electron chi connectivity index (χ1n) is 9.46. The third-order valence-corrected chi connectivity index (χ3v) is 5.10. The van der Waals surface area contributed by atoms with Crippen LogP contribution < -0.4 is 9.64 Å². The van der Waals surface area contributed by atoms with Crippen LogP contribution in [0.15, 0.2) is 36.7 Å². The third kappa shape index (κ3) is 3.37. The zero-order valence-electron chi connectivity index (χ0n) is 16.4. The smallest absolute Gasteiger partial charge is 0.256 e. The highest BCUT2D eigenvalue weighted by Crippen LogP contribution is 2.23. The topological polar surface area (TPSA) is 75.9 Å². The molecule has 8 heteroatoms. The number of amides is 1. The SMILES string of the molecule is COc1cccc(C(=O)N2CCN(c3cc(C(C)C)n4cnnc4n3)CC2)c1. The first kappa shape index (κ1) is 18.2. The van der Waals surface area contributed by atoms with E-state index in [4.69, 9.17) is 4.74 Å². The van der Waals surface area contributed by atoms with Gasteiger partial charge in [-0.15, -0.1) is 10.2 Å². The maximum absolute atomic E-state index is 12.8. The van der Waals surface area contributed by atoms with Crippen molar-refractivity contribution in [1.82, 2.24) is 24.5 Å².